The van der Waals surface area contributed by atoms with Crippen LogP contribution in [-0.4, -0.2) is 47.6 Å². The molecule has 3 heterocycles. The highest BCUT2D eigenvalue weighted by Gasteiger charge is 2.11. The van der Waals surface area contributed by atoms with E-state index >= 15 is 0 Å². The highest BCUT2D eigenvalue weighted by molar-refractivity contribution is 5.83. The Bertz CT molecular complexity index is 1140. The molecule has 2 aromatic heterocycles. The Kier molecular flexibility index (Phi) is 6.32. The van der Waals surface area contributed by atoms with E-state index in [1.165, 1.54) is 16.5 Å². The second kappa shape index (κ2) is 9.85. The van der Waals surface area contributed by atoms with Crippen LogP contribution in [0.4, 0.5) is 17.1 Å². The number of nitrogens with zero attached hydrogens (tertiary/aromatic N) is 2. The fraction of sp³-hybridized carbons (Fsp3) is 0.269. The lowest BCUT2D eigenvalue weighted by Crippen LogP contribution is -2.43. The summed E-state index contributed by atoms with van der Waals surface area (Å²) in [5, 5.41) is 11.7. The predicted molar refractivity (Wildman–Crippen MR) is 133 cm³/mol. The van der Waals surface area contributed by atoms with E-state index in [4.69, 9.17) is 0 Å². The number of para-hydroxylation sites is 1. The molecule has 6 heteroatoms. The molecule has 32 heavy (non-hydrogen) atoms. The van der Waals surface area contributed by atoms with Crippen LogP contribution in [0.1, 0.15) is 11.3 Å². The molecule has 5 rings (SSSR count). The zero-order valence-electron chi connectivity index (χ0n) is 18.3. The van der Waals surface area contributed by atoms with Gasteiger partial charge in [-0.15, -0.1) is 0 Å². The van der Waals surface area contributed by atoms with E-state index in [1.807, 2.05) is 12.3 Å². The van der Waals surface area contributed by atoms with E-state index in [9.17, 15) is 0 Å². The standard InChI is InChI=1S/C26H30N6/c1-2-4-26-25(3-1)20(18-30-26)9-11-28-21-5-7-22(8-6-21)31-23-10-12-29-24(17-23)19-32-15-13-27-14-16-32/h1-8,10,12,17-18,27-28,30H,9,11,13-16,19H2,(H,29,31). The highest BCUT2D eigenvalue weighted by atomic mass is 15.2. The van der Waals surface area contributed by atoms with Crippen molar-refractivity contribution < 1.29 is 0 Å². The molecule has 6 nitrogen and oxygen atoms in total. The van der Waals surface area contributed by atoms with E-state index in [-0.39, 0.29) is 0 Å². The molecule has 0 bridgehead atoms. The third-order valence-corrected chi connectivity index (χ3v) is 5.98. The van der Waals surface area contributed by atoms with Crippen LogP contribution in [0.2, 0.25) is 0 Å². The van der Waals surface area contributed by atoms with E-state index in [1.54, 1.807) is 0 Å². The molecular weight excluding hydrogens is 396 g/mol. The van der Waals surface area contributed by atoms with Crippen molar-refractivity contribution in [2.24, 2.45) is 0 Å². The molecule has 0 spiro atoms. The van der Waals surface area contributed by atoms with E-state index in [2.05, 4.69) is 91.6 Å². The van der Waals surface area contributed by atoms with Crippen LogP contribution in [0.3, 0.4) is 0 Å². The van der Waals surface area contributed by atoms with Crippen molar-refractivity contribution in [3.63, 3.8) is 0 Å². The van der Waals surface area contributed by atoms with Crippen LogP contribution in [-0.2, 0) is 13.0 Å². The Morgan fingerprint density at radius 1 is 0.906 bits per heavy atom. The zero-order chi connectivity index (χ0) is 21.6. The van der Waals surface area contributed by atoms with Gasteiger partial charge in [0.15, 0.2) is 0 Å². The second-order valence-corrected chi connectivity index (χ2v) is 8.30. The third-order valence-electron chi connectivity index (χ3n) is 5.98. The average molecular weight is 427 g/mol. The molecule has 0 aliphatic carbocycles. The maximum Gasteiger partial charge on any atom is 0.0564 e. The summed E-state index contributed by atoms with van der Waals surface area (Å²) in [5.41, 5.74) is 6.93. The molecule has 1 aliphatic heterocycles. The minimum Gasteiger partial charge on any atom is -0.385 e. The van der Waals surface area contributed by atoms with Crippen molar-refractivity contribution in [2.45, 2.75) is 13.0 Å². The fourth-order valence-electron chi connectivity index (χ4n) is 4.26. The summed E-state index contributed by atoms with van der Waals surface area (Å²) in [7, 11) is 0. The maximum atomic E-state index is 4.55. The highest BCUT2D eigenvalue weighted by Crippen LogP contribution is 2.21. The SMILES string of the molecule is c1ccc2c(CCNc3ccc(Nc4ccnc(CN5CCNCC5)c4)cc3)c[nH]c2c1. The lowest BCUT2D eigenvalue weighted by Gasteiger charge is -2.26. The molecule has 1 fully saturated rings. The number of aromatic nitrogens is 2. The molecule has 164 valence electrons. The molecule has 0 unspecified atom stereocenters. The zero-order valence-corrected chi connectivity index (χ0v) is 18.3. The molecule has 0 atom stereocenters. The molecular formula is C26H30N6. The number of piperazine rings is 1. The Hall–Kier alpha value is -3.35. The third kappa shape index (κ3) is 5.10. The predicted octanol–water partition coefficient (Wildman–Crippen LogP) is 4.37. The normalized spacial score (nSPS) is 14.5. The van der Waals surface area contributed by atoms with E-state index < -0.39 is 0 Å². The molecule has 4 aromatic rings. The number of fused-ring (bicyclic) bond motifs is 1. The van der Waals surface area contributed by atoms with Crippen molar-refractivity contribution in [1.29, 1.82) is 0 Å². The summed E-state index contributed by atoms with van der Waals surface area (Å²) in [6.07, 6.45) is 4.99. The molecule has 1 aliphatic rings. The number of rotatable bonds is 8. The summed E-state index contributed by atoms with van der Waals surface area (Å²) >= 11 is 0. The van der Waals surface area contributed by atoms with Gasteiger partial charge < -0.3 is 20.9 Å². The van der Waals surface area contributed by atoms with E-state index in [0.717, 1.165) is 68.4 Å². The van der Waals surface area contributed by atoms with Crippen molar-refractivity contribution in [3.05, 3.63) is 84.3 Å². The van der Waals surface area contributed by atoms with Gasteiger partial charge >= 0.3 is 0 Å². The topological polar surface area (TPSA) is 68.0 Å². The lowest BCUT2D eigenvalue weighted by molar-refractivity contribution is 0.231. The molecule has 4 N–H and O–H groups in total. The van der Waals surface area contributed by atoms with Crippen LogP contribution in [0, 0.1) is 0 Å². The van der Waals surface area contributed by atoms with Crippen molar-refractivity contribution in [3.8, 4) is 0 Å². The monoisotopic (exact) mass is 426 g/mol. The summed E-state index contributed by atoms with van der Waals surface area (Å²) in [6.45, 7) is 6.06. The van der Waals surface area contributed by atoms with Gasteiger partial charge in [-0.25, -0.2) is 0 Å². The number of benzene rings is 2. The number of H-pyrrole nitrogens is 1. The van der Waals surface area contributed by atoms with Gasteiger partial charge in [0.2, 0.25) is 0 Å². The molecule has 0 amide bonds. The van der Waals surface area contributed by atoms with Gasteiger partial charge in [0.25, 0.3) is 0 Å². The largest absolute Gasteiger partial charge is 0.385 e. The number of pyridine rings is 1. The number of hydrogen-bond acceptors (Lipinski definition) is 5. The molecule has 0 radical (unpaired) electrons. The van der Waals surface area contributed by atoms with Crippen LogP contribution >= 0.6 is 0 Å². The van der Waals surface area contributed by atoms with Gasteiger partial charge in [0.05, 0.1) is 5.69 Å². The lowest BCUT2D eigenvalue weighted by atomic mass is 10.1. The number of nitrogens with one attached hydrogen (secondary N) is 4. The summed E-state index contributed by atoms with van der Waals surface area (Å²) < 4.78 is 0. The van der Waals surface area contributed by atoms with Crippen molar-refractivity contribution >= 4 is 28.0 Å². The van der Waals surface area contributed by atoms with Gasteiger partial charge in [0, 0.05) is 79.6 Å². The van der Waals surface area contributed by atoms with Gasteiger partial charge in [-0.2, -0.15) is 0 Å². The maximum absolute atomic E-state index is 4.55. The van der Waals surface area contributed by atoms with Gasteiger partial charge in [-0.05, 0) is 54.4 Å². The number of anilines is 3. The molecule has 2 aromatic carbocycles. The van der Waals surface area contributed by atoms with Crippen LogP contribution in [0.15, 0.2) is 73.1 Å². The van der Waals surface area contributed by atoms with Gasteiger partial charge in [-0.3, -0.25) is 9.88 Å². The fourth-order valence-corrected chi connectivity index (χ4v) is 4.26. The Morgan fingerprint density at radius 3 is 2.59 bits per heavy atom. The molecule has 1 saturated heterocycles. The Balaban J connectivity index is 1.14. The van der Waals surface area contributed by atoms with Crippen LogP contribution in [0.5, 0.6) is 0 Å². The Morgan fingerprint density at radius 2 is 1.72 bits per heavy atom. The van der Waals surface area contributed by atoms with Crippen molar-refractivity contribution in [1.82, 2.24) is 20.2 Å². The van der Waals surface area contributed by atoms with Crippen LogP contribution in [0.25, 0.3) is 10.9 Å². The quantitative estimate of drug-likeness (QED) is 0.337. The Labute approximate surface area is 189 Å². The second-order valence-electron chi connectivity index (χ2n) is 8.30. The minimum absolute atomic E-state index is 0.897. The van der Waals surface area contributed by atoms with Crippen molar-refractivity contribution in [2.75, 3.05) is 43.4 Å². The summed E-state index contributed by atoms with van der Waals surface area (Å²) in [6, 6.07) is 21.1. The van der Waals surface area contributed by atoms with Crippen LogP contribution < -0.4 is 16.0 Å². The first-order valence-electron chi connectivity index (χ1n) is 11.4. The van der Waals surface area contributed by atoms with E-state index in [0.29, 0.717) is 0 Å². The summed E-state index contributed by atoms with van der Waals surface area (Å²) in [4.78, 5) is 10.3. The first-order valence-corrected chi connectivity index (χ1v) is 11.4. The average Bonchev–Trinajstić information content (AvgIpc) is 3.24. The van der Waals surface area contributed by atoms with Gasteiger partial charge in [-0.1, -0.05) is 18.2 Å². The first-order chi connectivity index (χ1) is 15.8. The molecule has 0 saturated carbocycles. The van der Waals surface area contributed by atoms with Gasteiger partial charge in [0.1, 0.15) is 0 Å². The number of hydrogen-bond donors (Lipinski definition) is 4. The summed E-state index contributed by atoms with van der Waals surface area (Å²) in [5.74, 6) is 0. The first kappa shape index (κ1) is 20.5. The minimum atomic E-state index is 0.897. The number of aromatic amines is 1. The smallest absolute Gasteiger partial charge is 0.0564 e.